The summed E-state index contributed by atoms with van der Waals surface area (Å²) in [6.45, 7) is 2.67. The molecule has 0 bridgehead atoms. The van der Waals surface area contributed by atoms with Crippen LogP contribution in [-0.2, 0) is 0 Å². The van der Waals surface area contributed by atoms with Crippen LogP contribution in [0.25, 0.3) is 0 Å². The minimum absolute atomic E-state index is 0.0524. The van der Waals surface area contributed by atoms with Crippen molar-refractivity contribution in [3.05, 3.63) is 22.2 Å². The zero-order chi connectivity index (χ0) is 15.5. The molecule has 1 aromatic carbocycles. The number of nitriles is 1. The molecular weight excluding hydrogens is 338 g/mol. The van der Waals surface area contributed by atoms with Crippen molar-refractivity contribution in [2.24, 2.45) is 5.41 Å². The molecule has 112 valence electrons. The normalized spacial score (nSPS) is 15.1. The molecule has 1 aromatic rings. The second-order valence-corrected chi connectivity index (χ2v) is 6.00. The van der Waals surface area contributed by atoms with Crippen molar-refractivity contribution >= 4 is 21.9 Å². The largest absolute Gasteiger partial charge is 0.490 e. The van der Waals surface area contributed by atoms with Gasteiger partial charge in [0.05, 0.1) is 29.3 Å². The fourth-order valence-corrected chi connectivity index (χ4v) is 2.59. The van der Waals surface area contributed by atoms with Gasteiger partial charge in [-0.1, -0.05) is 0 Å². The van der Waals surface area contributed by atoms with Crippen LogP contribution in [0.5, 0.6) is 11.5 Å². The highest BCUT2D eigenvalue weighted by Crippen LogP contribution is 2.49. The van der Waals surface area contributed by atoms with Gasteiger partial charge in [0.15, 0.2) is 11.5 Å². The number of benzene rings is 1. The van der Waals surface area contributed by atoms with Crippen molar-refractivity contribution in [2.45, 2.75) is 26.2 Å². The molecule has 1 N–H and O–H groups in total. The summed E-state index contributed by atoms with van der Waals surface area (Å²) in [4.78, 5) is 11.1. The molecule has 0 heterocycles. The smallest absolute Gasteiger partial charge is 0.335 e. The number of hydrogen-bond donors (Lipinski definition) is 1. The van der Waals surface area contributed by atoms with Crippen LogP contribution >= 0.6 is 15.9 Å². The second-order valence-electron chi connectivity index (χ2n) is 5.15. The van der Waals surface area contributed by atoms with E-state index in [-0.39, 0.29) is 11.0 Å². The summed E-state index contributed by atoms with van der Waals surface area (Å²) in [6.07, 6.45) is 2.44. The topological polar surface area (TPSA) is 79.6 Å². The van der Waals surface area contributed by atoms with Crippen LogP contribution in [0.3, 0.4) is 0 Å². The molecule has 0 amide bonds. The van der Waals surface area contributed by atoms with E-state index >= 15 is 0 Å². The molecule has 21 heavy (non-hydrogen) atoms. The van der Waals surface area contributed by atoms with Crippen LogP contribution in [0.2, 0.25) is 0 Å². The Bertz CT molecular complexity index is 590. The van der Waals surface area contributed by atoms with Crippen molar-refractivity contribution in [1.29, 1.82) is 5.26 Å². The van der Waals surface area contributed by atoms with Gasteiger partial charge in [0.2, 0.25) is 0 Å². The van der Waals surface area contributed by atoms with Crippen LogP contribution in [0, 0.1) is 16.7 Å². The Balaban J connectivity index is 2.21. The van der Waals surface area contributed by atoms with Crippen molar-refractivity contribution in [2.75, 3.05) is 13.2 Å². The van der Waals surface area contributed by atoms with E-state index < -0.39 is 5.97 Å². The van der Waals surface area contributed by atoms with Crippen molar-refractivity contribution in [1.82, 2.24) is 0 Å². The first-order chi connectivity index (χ1) is 10.0. The molecule has 5 nitrogen and oxygen atoms in total. The van der Waals surface area contributed by atoms with Crippen LogP contribution in [0.4, 0.5) is 0 Å². The van der Waals surface area contributed by atoms with Gasteiger partial charge in [-0.15, -0.1) is 0 Å². The molecule has 2 rings (SSSR count). The minimum Gasteiger partial charge on any atom is -0.490 e. The van der Waals surface area contributed by atoms with E-state index in [0.29, 0.717) is 35.6 Å². The molecule has 0 unspecified atom stereocenters. The fraction of sp³-hybridized carbons (Fsp3) is 0.467. The van der Waals surface area contributed by atoms with Gasteiger partial charge < -0.3 is 14.6 Å². The van der Waals surface area contributed by atoms with Crippen LogP contribution in [0.15, 0.2) is 16.6 Å². The van der Waals surface area contributed by atoms with Gasteiger partial charge in [-0.25, -0.2) is 4.79 Å². The number of hydrogen-bond acceptors (Lipinski definition) is 4. The number of rotatable bonds is 7. The quantitative estimate of drug-likeness (QED) is 0.809. The lowest BCUT2D eigenvalue weighted by molar-refractivity contribution is 0.0696. The summed E-state index contributed by atoms with van der Waals surface area (Å²) in [5.74, 6) is -0.130. The Labute approximate surface area is 131 Å². The Morgan fingerprint density at radius 1 is 1.48 bits per heavy atom. The Kier molecular flexibility index (Phi) is 4.73. The highest BCUT2D eigenvalue weighted by atomic mass is 79.9. The standard InChI is InChI=1S/C15H16BrNO4/c1-2-20-12-8-10(14(18)19)7-11(16)13(12)21-9-15(3-4-15)5-6-17/h7-8H,2-5,9H2,1H3,(H,18,19). The first-order valence-corrected chi connectivity index (χ1v) is 7.50. The summed E-state index contributed by atoms with van der Waals surface area (Å²) < 4.78 is 11.8. The van der Waals surface area contributed by atoms with Crippen molar-refractivity contribution in [3.8, 4) is 17.6 Å². The lowest BCUT2D eigenvalue weighted by atomic mass is 10.1. The van der Waals surface area contributed by atoms with Gasteiger partial charge in [0.25, 0.3) is 0 Å². The number of aromatic carboxylic acids is 1. The van der Waals surface area contributed by atoms with Crippen LogP contribution < -0.4 is 9.47 Å². The monoisotopic (exact) mass is 353 g/mol. The third-order valence-electron chi connectivity index (χ3n) is 3.49. The van der Waals surface area contributed by atoms with E-state index in [1.54, 1.807) is 0 Å². The highest BCUT2D eigenvalue weighted by molar-refractivity contribution is 9.10. The summed E-state index contributed by atoms with van der Waals surface area (Å²) in [6, 6.07) is 5.13. The third kappa shape index (κ3) is 3.67. The van der Waals surface area contributed by atoms with Gasteiger partial charge in [-0.05, 0) is 47.8 Å². The predicted molar refractivity (Wildman–Crippen MR) is 79.7 cm³/mol. The number of carboxylic acid groups (broad SMARTS) is 1. The third-order valence-corrected chi connectivity index (χ3v) is 4.08. The molecule has 0 saturated heterocycles. The molecule has 1 aliphatic rings. The van der Waals surface area contributed by atoms with Gasteiger partial charge >= 0.3 is 5.97 Å². The zero-order valence-electron chi connectivity index (χ0n) is 11.7. The van der Waals surface area contributed by atoms with Gasteiger partial charge in [-0.2, -0.15) is 5.26 Å². The minimum atomic E-state index is -1.02. The van der Waals surface area contributed by atoms with E-state index in [9.17, 15) is 4.79 Å². The zero-order valence-corrected chi connectivity index (χ0v) is 13.3. The lowest BCUT2D eigenvalue weighted by Gasteiger charge is -2.17. The van der Waals surface area contributed by atoms with Gasteiger partial charge in [0, 0.05) is 11.8 Å². The molecule has 0 aliphatic heterocycles. The van der Waals surface area contributed by atoms with Gasteiger partial charge in [-0.3, -0.25) is 0 Å². The molecule has 1 fully saturated rings. The molecule has 0 aromatic heterocycles. The summed E-state index contributed by atoms with van der Waals surface area (Å²) >= 11 is 3.33. The Morgan fingerprint density at radius 3 is 2.71 bits per heavy atom. The van der Waals surface area contributed by atoms with Gasteiger partial charge in [0.1, 0.15) is 0 Å². The molecular formula is C15H16BrNO4. The van der Waals surface area contributed by atoms with E-state index in [1.807, 2.05) is 6.92 Å². The maximum atomic E-state index is 11.1. The number of halogens is 1. The number of ether oxygens (including phenoxy) is 2. The van der Waals surface area contributed by atoms with Crippen molar-refractivity contribution < 1.29 is 19.4 Å². The molecule has 0 atom stereocenters. The van der Waals surface area contributed by atoms with Crippen LogP contribution in [-0.4, -0.2) is 24.3 Å². The van der Waals surface area contributed by atoms with E-state index in [0.717, 1.165) is 12.8 Å². The summed E-state index contributed by atoms with van der Waals surface area (Å²) in [7, 11) is 0. The highest BCUT2D eigenvalue weighted by Gasteiger charge is 2.43. The molecule has 0 radical (unpaired) electrons. The summed E-state index contributed by atoms with van der Waals surface area (Å²) in [5.41, 5.74) is 0.0826. The Hall–Kier alpha value is -1.74. The van der Waals surface area contributed by atoms with Crippen LogP contribution in [0.1, 0.15) is 36.5 Å². The molecule has 1 saturated carbocycles. The predicted octanol–water partition coefficient (Wildman–Crippen LogP) is 3.62. The number of carbonyl (C=O) groups is 1. The first kappa shape index (κ1) is 15.6. The first-order valence-electron chi connectivity index (χ1n) is 6.71. The summed E-state index contributed by atoms with van der Waals surface area (Å²) in [5, 5.41) is 17.9. The maximum absolute atomic E-state index is 11.1. The molecule has 1 aliphatic carbocycles. The lowest BCUT2D eigenvalue weighted by Crippen LogP contribution is -2.13. The number of carboxylic acids is 1. The van der Waals surface area contributed by atoms with Crippen molar-refractivity contribution in [3.63, 3.8) is 0 Å². The van der Waals surface area contributed by atoms with E-state index in [1.165, 1.54) is 12.1 Å². The SMILES string of the molecule is CCOc1cc(C(=O)O)cc(Br)c1OCC1(CC#N)CC1. The molecule has 0 spiro atoms. The fourth-order valence-electron chi connectivity index (χ4n) is 2.04. The molecule has 6 heteroatoms. The number of nitrogens with zero attached hydrogens (tertiary/aromatic N) is 1. The van der Waals surface area contributed by atoms with E-state index in [4.69, 9.17) is 19.8 Å². The average Bonchev–Trinajstić information content (AvgIpc) is 3.18. The Morgan fingerprint density at radius 2 is 2.19 bits per heavy atom. The second kappa shape index (κ2) is 6.35. The maximum Gasteiger partial charge on any atom is 0.335 e. The van der Waals surface area contributed by atoms with E-state index in [2.05, 4.69) is 22.0 Å². The average molecular weight is 354 g/mol.